The molecule has 1 aliphatic heterocycles. The van der Waals surface area contributed by atoms with E-state index >= 15 is 0 Å². The molecule has 27 heavy (non-hydrogen) atoms. The van der Waals surface area contributed by atoms with Crippen LogP contribution >= 0.6 is 0 Å². The van der Waals surface area contributed by atoms with Gasteiger partial charge in [0.2, 0.25) is 5.90 Å². The summed E-state index contributed by atoms with van der Waals surface area (Å²) in [5.41, 5.74) is 5.48. The van der Waals surface area contributed by atoms with Crippen LogP contribution in [-0.2, 0) is 17.8 Å². The number of fused-ring (bicyclic) bond motifs is 2. The third-order valence-electron chi connectivity index (χ3n) is 4.70. The first kappa shape index (κ1) is 17.5. The Balaban J connectivity index is 1.86. The maximum Gasteiger partial charge on any atom is 0.238 e. The lowest BCUT2D eigenvalue weighted by Gasteiger charge is -2.15. The molecule has 0 saturated heterocycles. The van der Waals surface area contributed by atoms with Crippen LogP contribution in [-0.4, -0.2) is 38.7 Å². The Morgan fingerprint density at radius 1 is 1.30 bits per heavy atom. The summed E-state index contributed by atoms with van der Waals surface area (Å²) in [5.74, 6) is 0.590. The molecule has 7 heteroatoms. The predicted octanol–water partition coefficient (Wildman–Crippen LogP) is 3.96. The van der Waals surface area contributed by atoms with Gasteiger partial charge in [-0.3, -0.25) is 0 Å². The number of alkyl halides is 1. The highest BCUT2D eigenvalue weighted by Crippen LogP contribution is 2.30. The van der Waals surface area contributed by atoms with E-state index in [1.807, 2.05) is 25.1 Å². The maximum absolute atomic E-state index is 13.5. The molecule has 0 radical (unpaired) electrons. The lowest BCUT2D eigenvalue weighted by Crippen LogP contribution is -2.14. The van der Waals surface area contributed by atoms with Gasteiger partial charge in [-0.15, -0.1) is 5.10 Å². The highest BCUT2D eigenvalue weighted by atomic mass is 19.1. The number of benzene rings is 1. The van der Waals surface area contributed by atoms with Crippen LogP contribution in [0.5, 0.6) is 0 Å². The second-order valence-electron chi connectivity index (χ2n) is 6.78. The van der Waals surface area contributed by atoms with E-state index in [1.165, 1.54) is 6.92 Å². The van der Waals surface area contributed by atoms with Crippen molar-refractivity contribution in [2.24, 2.45) is 4.99 Å². The number of allylic oxidation sites excluding steroid dienone is 2. The summed E-state index contributed by atoms with van der Waals surface area (Å²) in [5, 5.41) is 8.21. The minimum absolute atomic E-state index is 0.183. The minimum Gasteiger partial charge on any atom is -0.479 e. The molecule has 2 aromatic heterocycles. The van der Waals surface area contributed by atoms with E-state index in [-0.39, 0.29) is 6.54 Å². The molecular weight excluding hydrogens is 345 g/mol. The van der Waals surface area contributed by atoms with E-state index in [0.29, 0.717) is 5.90 Å². The average molecular weight is 367 g/mol. The molecule has 0 aliphatic carbocycles. The monoisotopic (exact) mass is 367 g/mol. The summed E-state index contributed by atoms with van der Waals surface area (Å²) in [7, 11) is 1.64. The molecule has 0 fully saturated rings. The lowest BCUT2D eigenvalue weighted by atomic mass is 10.0. The van der Waals surface area contributed by atoms with Crippen molar-refractivity contribution in [3.05, 3.63) is 47.9 Å². The van der Waals surface area contributed by atoms with Gasteiger partial charge in [-0.2, -0.15) is 0 Å². The highest BCUT2D eigenvalue weighted by Gasteiger charge is 2.20. The van der Waals surface area contributed by atoms with Crippen LogP contribution in [0.1, 0.15) is 26.0 Å². The molecule has 0 bridgehead atoms. The summed E-state index contributed by atoms with van der Waals surface area (Å²) in [6.45, 7) is 4.54. The molecular formula is C20H22FN5O. The predicted molar refractivity (Wildman–Crippen MR) is 103 cm³/mol. The van der Waals surface area contributed by atoms with Gasteiger partial charge in [-0.1, -0.05) is 17.4 Å². The van der Waals surface area contributed by atoms with E-state index in [1.54, 1.807) is 11.8 Å². The minimum atomic E-state index is -0.991. The first-order chi connectivity index (χ1) is 13.1. The third-order valence-corrected chi connectivity index (χ3v) is 4.70. The lowest BCUT2D eigenvalue weighted by molar-refractivity contribution is 0.310. The molecule has 140 valence electrons. The molecule has 6 nitrogen and oxygen atoms in total. The molecule has 1 aromatic carbocycles. The second-order valence-corrected chi connectivity index (χ2v) is 6.78. The average Bonchev–Trinajstić information content (AvgIpc) is 3.21. The van der Waals surface area contributed by atoms with E-state index in [2.05, 4.69) is 38.2 Å². The Morgan fingerprint density at radius 3 is 2.93 bits per heavy atom. The largest absolute Gasteiger partial charge is 0.479 e. The number of rotatable bonds is 3. The maximum atomic E-state index is 13.5. The normalized spacial score (nSPS) is 17.5. The van der Waals surface area contributed by atoms with Crippen LogP contribution in [0.15, 0.2) is 47.2 Å². The van der Waals surface area contributed by atoms with Crippen molar-refractivity contribution < 1.29 is 9.13 Å². The number of aromatic nitrogens is 4. The van der Waals surface area contributed by atoms with Crippen molar-refractivity contribution in [1.82, 2.24) is 19.6 Å². The van der Waals surface area contributed by atoms with Crippen molar-refractivity contribution in [2.75, 3.05) is 7.11 Å². The van der Waals surface area contributed by atoms with Gasteiger partial charge in [0, 0.05) is 24.0 Å². The van der Waals surface area contributed by atoms with Crippen LogP contribution in [0, 0.1) is 0 Å². The quantitative estimate of drug-likeness (QED) is 0.704. The van der Waals surface area contributed by atoms with Crippen LogP contribution < -0.4 is 0 Å². The molecule has 0 amide bonds. The summed E-state index contributed by atoms with van der Waals surface area (Å²) in [4.78, 5) is 4.62. The van der Waals surface area contributed by atoms with Crippen LogP contribution in [0.4, 0.5) is 4.39 Å². The van der Waals surface area contributed by atoms with Gasteiger partial charge in [-0.25, -0.2) is 14.1 Å². The number of halogens is 1. The Bertz CT molecular complexity index is 1040. The van der Waals surface area contributed by atoms with Crippen LogP contribution in [0.3, 0.4) is 0 Å². The Labute approximate surface area is 157 Å². The zero-order valence-corrected chi connectivity index (χ0v) is 15.7. The first-order valence-electron chi connectivity index (χ1n) is 9.03. The molecule has 3 aromatic rings. The van der Waals surface area contributed by atoms with Crippen molar-refractivity contribution in [3.63, 3.8) is 0 Å². The summed E-state index contributed by atoms with van der Waals surface area (Å²) >= 11 is 0. The SMILES string of the molecule is COC1=N/C(C)=C/CCn2ccc(-c3ccc4nnn(C[C@@H](C)F)c4c3)c21. The van der Waals surface area contributed by atoms with Crippen molar-refractivity contribution in [1.29, 1.82) is 0 Å². The topological polar surface area (TPSA) is 57.2 Å². The molecule has 1 aliphatic rings. The summed E-state index contributed by atoms with van der Waals surface area (Å²) in [6.07, 6.45) is 4.08. The van der Waals surface area contributed by atoms with E-state index in [0.717, 1.165) is 46.5 Å². The second kappa shape index (κ2) is 6.98. The van der Waals surface area contributed by atoms with Crippen molar-refractivity contribution >= 4 is 16.9 Å². The van der Waals surface area contributed by atoms with Gasteiger partial charge in [0.05, 0.1) is 19.2 Å². The number of methoxy groups -OCH3 is 1. The number of aliphatic imine (C=N–C) groups is 1. The fourth-order valence-corrected chi connectivity index (χ4v) is 3.45. The number of nitrogens with zero attached hydrogens (tertiary/aromatic N) is 5. The molecule has 0 saturated carbocycles. The molecule has 0 unspecified atom stereocenters. The third kappa shape index (κ3) is 3.25. The molecule has 4 rings (SSSR count). The zero-order valence-electron chi connectivity index (χ0n) is 15.7. The fourth-order valence-electron chi connectivity index (χ4n) is 3.45. The van der Waals surface area contributed by atoms with Crippen molar-refractivity contribution in [3.8, 4) is 11.1 Å². The summed E-state index contributed by atoms with van der Waals surface area (Å²) in [6, 6.07) is 7.99. The van der Waals surface area contributed by atoms with E-state index in [9.17, 15) is 4.39 Å². The van der Waals surface area contributed by atoms with Gasteiger partial charge in [0.1, 0.15) is 17.4 Å². The smallest absolute Gasteiger partial charge is 0.238 e. The van der Waals surface area contributed by atoms with E-state index in [4.69, 9.17) is 4.74 Å². The van der Waals surface area contributed by atoms with Gasteiger partial charge >= 0.3 is 0 Å². The molecule has 3 heterocycles. The highest BCUT2D eigenvalue weighted by molar-refractivity contribution is 6.00. The number of hydrogen-bond acceptors (Lipinski definition) is 4. The van der Waals surface area contributed by atoms with Gasteiger partial charge < -0.3 is 9.30 Å². The van der Waals surface area contributed by atoms with Crippen molar-refractivity contribution in [2.45, 2.75) is 39.5 Å². The zero-order chi connectivity index (χ0) is 19.0. The van der Waals surface area contributed by atoms with Gasteiger partial charge in [-0.05, 0) is 44.0 Å². The van der Waals surface area contributed by atoms with Crippen LogP contribution in [0.25, 0.3) is 22.2 Å². The molecule has 1 atom stereocenters. The molecule has 0 N–H and O–H groups in total. The van der Waals surface area contributed by atoms with Gasteiger partial charge in [0.15, 0.2) is 0 Å². The first-order valence-corrected chi connectivity index (χ1v) is 9.03. The standard InChI is InChI=1S/C20H22FN5O/c1-13(21)12-26-18-11-15(6-7-17(18)23-24-26)16-8-10-25-9-4-5-14(2)22-20(27-3)19(16)25/h5-8,10-11,13H,4,9,12H2,1-3H3/b14-5+,22-20?/t13-/m1/s1. The number of aryl methyl sites for hydroxylation is 1. The van der Waals surface area contributed by atoms with Crippen LogP contribution in [0.2, 0.25) is 0 Å². The van der Waals surface area contributed by atoms with E-state index < -0.39 is 6.17 Å². The van der Waals surface area contributed by atoms with Gasteiger partial charge in [0.25, 0.3) is 0 Å². The Morgan fingerprint density at radius 2 is 2.15 bits per heavy atom. The molecule has 0 spiro atoms. The number of ether oxygens (including phenoxy) is 1. The summed E-state index contributed by atoms with van der Waals surface area (Å²) < 4.78 is 22.9. The Kier molecular flexibility index (Phi) is 4.51. The number of hydrogen-bond donors (Lipinski definition) is 0. The Hall–Kier alpha value is -2.96. The fraction of sp³-hybridized carbons (Fsp3) is 0.350.